The molecule has 1 aromatic rings. The minimum Gasteiger partial charge on any atom is -0.297 e. The van der Waals surface area contributed by atoms with Crippen molar-refractivity contribution in [3.8, 4) is 0 Å². The molecule has 90 valence electrons. The van der Waals surface area contributed by atoms with Crippen LogP contribution < -0.4 is 0 Å². The number of carbonyl (C=O) groups excluding carboxylic acids is 1. The van der Waals surface area contributed by atoms with E-state index in [0.29, 0.717) is 6.42 Å². The highest BCUT2D eigenvalue weighted by Crippen LogP contribution is 2.17. The third-order valence-electron chi connectivity index (χ3n) is 2.14. The van der Waals surface area contributed by atoms with E-state index in [-0.39, 0.29) is 11.8 Å². The van der Waals surface area contributed by atoms with E-state index in [1.165, 1.54) is 0 Å². The van der Waals surface area contributed by atoms with Gasteiger partial charge in [0, 0.05) is 12.6 Å². The Morgan fingerprint density at radius 2 is 2.00 bits per heavy atom. The van der Waals surface area contributed by atoms with Crippen molar-refractivity contribution in [2.75, 3.05) is 14.1 Å². The first-order valence-corrected chi connectivity index (χ1v) is 5.77. The first kappa shape index (κ1) is 14.8. The highest BCUT2D eigenvalue weighted by atomic mass is 16.1. The SMILES string of the molecule is CC.CCC(=O)C(c1ccccn1)N(C)C. The summed E-state index contributed by atoms with van der Waals surface area (Å²) in [5.74, 6) is 0.203. The number of ketones is 1. The second-order valence-corrected chi connectivity index (χ2v) is 3.44. The molecular weight excluding hydrogens is 200 g/mol. The predicted octanol–water partition coefficient (Wildman–Crippen LogP) is 2.69. The summed E-state index contributed by atoms with van der Waals surface area (Å²) in [6.07, 6.45) is 2.26. The highest BCUT2D eigenvalue weighted by Gasteiger charge is 2.21. The van der Waals surface area contributed by atoms with Crippen molar-refractivity contribution in [3.63, 3.8) is 0 Å². The zero-order valence-electron chi connectivity index (χ0n) is 10.9. The average Bonchev–Trinajstić information content (AvgIpc) is 2.32. The molecule has 0 aliphatic rings. The van der Waals surface area contributed by atoms with Gasteiger partial charge in [-0.05, 0) is 26.2 Å². The lowest BCUT2D eigenvalue weighted by Crippen LogP contribution is -2.27. The molecule has 1 unspecified atom stereocenters. The maximum atomic E-state index is 11.7. The molecule has 1 rings (SSSR count). The average molecular weight is 222 g/mol. The maximum absolute atomic E-state index is 11.7. The van der Waals surface area contributed by atoms with Crippen molar-refractivity contribution in [3.05, 3.63) is 30.1 Å². The molecule has 3 nitrogen and oxygen atoms in total. The number of pyridine rings is 1. The molecule has 0 saturated carbocycles. The molecule has 16 heavy (non-hydrogen) atoms. The minimum absolute atomic E-state index is 0.203. The number of Topliss-reactive ketones (excluding diaryl/α,β-unsaturated/α-hetero) is 1. The van der Waals surface area contributed by atoms with Crippen LogP contribution >= 0.6 is 0 Å². The Labute approximate surface area is 98.5 Å². The van der Waals surface area contributed by atoms with Gasteiger partial charge in [-0.15, -0.1) is 0 Å². The van der Waals surface area contributed by atoms with Crippen LogP contribution in [0, 0.1) is 0 Å². The molecule has 0 aliphatic heterocycles. The van der Waals surface area contributed by atoms with Gasteiger partial charge in [0.25, 0.3) is 0 Å². The fourth-order valence-electron chi connectivity index (χ4n) is 1.45. The van der Waals surface area contributed by atoms with Gasteiger partial charge in [0.1, 0.15) is 6.04 Å². The van der Waals surface area contributed by atoms with Crippen molar-refractivity contribution >= 4 is 5.78 Å². The van der Waals surface area contributed by atoms with Crippen molar-refractivity contribution in [1.82, 2.24) is 9.88 Å². The number of hydrogen-bond acceptors (Lipinski definition) is 3. The van der Waals surface area contributed by atoms with E-state index in [4.69, 9.17) is 0 Å². The van der Waals surface area contributed by atoms with Gasteiger partial charge in [-0.1, -0.05) is 26.8 Å². The van der Waals surface area contributed by atoms with E-state index in [1.807, 2.05) is 58.0 Å². The number of aromatic nitrogens is 1. The summed E-state index contributed by atoms with van der Waals surface area (Å²) >= 11 is 0. The fourth-order valence-corrected chi connectivity index (χ4v) is 1.45. The Hall–Kier alpha value is -1.22. The zero-order valence-corrected chi connectivity index (χ0v) is 10.9. The largest absolute Gasteiger partial charge is 0.297 e. The van der Waals surface area contributed by atoms with Crippen LogP contribution in [0.1, 0.15) is 38.9 Å². The molecule has 0 aliphatic carbocycles. The summed E-state index contributed by atoms with van der Waals surface area (Å²) in [4.78, 5) is 17.8. The fraction of sp³-hybridized carbons (Fsp3) is 0.538. The molecule has 0 amide bonds. The zero-order chi connectivity index (χ0) is 12.6. The predicted molar refractivity (Wildman–Crippen MR) is 67.3 cm³/mol. The maximum Gasteiger partial charge on any atom is 0.155 e. The van der Waals surface area contributed by atoms with Crippen LogP contribution in [0.2, 0.25) is 0 Å². The molecule has 0 spiro atoms. The number of hydrogen-bond donors (Lipinski definition) is 0. The standard InChI is InChI=1S/C11H16N2O.C2H6/c1-4-10(14)11(13(2)3)9-7-5-6-8-12-9;1-2/h5-8,11H,4H2,1-3H3;1-2H3. The number of rotatable bonds is 4. The van der Waals surface area contributed by atoms with Crippen molar-refractivity contribution < 1.29 is 4.79 Å². The first-order chi connectivity index (χ1) is 7.66. The van der Waals surface area contributed by atoms with Gasteiger partial charge in [-0.25, -0.2) is 0 Å². The number of nitrogens with zero attached hydrogens (tertiary/aromatic N) is 2. The molecule has 0 bridgehead atoms. The molecule has 0 fully saturated rings. The van der Waals surface area contributed by atoms with Crippen LogP contribution in [0.4, 0.5) is 0 Å². The summed E-state index contributed by atoms with van der Waals surface area (Å²) in [5.41, 5.74) is 0.823. The van der Waals surface area contributed by atoms with Gasteiger partial charge in [0.15, 0.2) is 5.78 Å². The summed E-state index contributed by atoms with van der Waals surface area (Å²) in [6, 6.07) is 5.44. The smallest absolute Gasteiger partial charge is 0.155 e. The molecule has 1 aromatic heterocycles. The lowest BCUT2D eigenvalue weighted by atomic mass is 10.1. The van der Waals surface area contributed by atoms with E-state index in [2.05, 4.69) is 4.98 Å². The Morgan fingerprint density at radius 1 is 1.38 bits per heavy atom. The van der Waals surface area contributed by atoms with Crippen LogP contribution in [0.5, 0.6) is 0 Å². The molecule has 0 aromatic carbocycles. The van der Waals surface area contributed by atoms with Crippen molar-refractivity contribution in [2.24, 2.45) is 0 Å². The molecule has 1 atom stereocenters. The minimum atomic E-state index is -0.207. The van der Waals surface area contributed by atoms with Gasteiger partial charge < -0.3 is 0 Å². The molecule has 0 radical (unpaired) electrons. The Kier molecular flexibility index (Phi) is 7.38. The monoisotopic (exact) mass is 222 g/mol. The topological polar surface area (TPSA) is 33.2 Å². The molecular formula is C13H22N2O. The number of likely N-dealkylation sites (N-methyl/N-ethyl adjacent to an activating group) is 1. The Bertz CT molecular complexity index is 296. The van der Waals surface area contributed by atoms with Gasteiger partial charge in [-0.2, -0.15) is 0 Å². The normalized spacial score (nSPS) is 11.6. The van der Waals surface area contributed by atoms with E-state index < -0.39 is 0 Å². The van der Waals surface area contributed by atoms with Gasteiger partial charge in [0.05, 0.1) is 5.69 Å². The van der Waals surface area contributed by atoms with Crippen LogP contribution in [0.25, 0.3) is 0 Å². The highest BCUT2D eigenvalue weighted by molar-refractivity contribution is 5.84. The van der Waals surface area contributed by atoms with Crippen molar-refractivity contribution in [1.29, 1.82) is 0 Å². The van der Waals surface area contributed by atoms with E-state index in [1.54, 1.807) is 6.20 Å². The van der Waals surface area contributed by atoms with Gasteiger partial charge in [0.2, 0.25) is 0 Å². The molecule has 0 saturated heterocycles. The first-order valence-electron chi connectivity index (χ1n) is 5.77. The van der Waals surface area contributed by atoms with Gasteiger partial charge >= 0.3 is 0 Å². The van der Waals surface area contributed by atoms with Gasteiger partial charge in [-0.3, -0.25) is 14.7 Å². The third-order valence-corrected chi connectivity index (χ3v) is 2.14. The Morgan fingerprint density at radius 3 is 2.38 bits per heavy atom. The molecule has 0 N–H and O–H groups in total. The van der Waals surface area contributed by atoms with Crippen LogP contribution in [-0.4, -0.2) is 29.8 Å². The number of carbonyl (C=O) groups is 1. The summed E-state index contributed by atoms with van der Waals surface area (Å²) in [5, 5.41) is 0. The second kappa shape index (κ2) is 7.99. The van der Waals surface area contributed by atoms with E-state index in [9.17, 15) is 4.79 Å². The summed E-state index contributed by atoms with van der Waals surface area (Å²) in [6.45, 7) is 5.88. The molecule has 3 heteroatoms. The summed E-state index contributed by atoms with van der Waals surface area (Å²) in [7, 11) is 3.79. The van der Waals surface area contributed by atoms with E-state index in [0.717, 1.165) is 5.69 Å². The van der Waals surface area contributed by atoms with Crippen LogP contribution in [0.15, 0.2) is 24.4 Å². The van der Waals surface area contributed by atoms with Crippen LogP contribution in [0.3, 0.4) is 0 Å². The second-order valence-electron chi connectivity index (χ2n) is 3.44. The lowest BCUT2D eigenvalue weighted by Gasteiger charge is -2.21. The third kappa shape index (κ3) is 4.11. The quantitative estimate of drug-likeness (QED) is 0.785. The van der Waals surface area contributed by atoms with Crippen molar-refractivity contribution in [2.45, 2.75) is 33.2 Å². The molecule has 1 heterocycles. The van der Waals surface area contributed by atoms with E-state index >= 15 is 0 Å². The Balaban J connectivity index is 0.00000106. The summed E-state index contributed by atoms with van der Waals surface area (Å²) < 4.78 is 0. The van der Waals surface area contributed by atoms with Crippen LogP contribution in [-0.2, 0) is 4.79 Å². The lowest BCUT2D eigenvalue weighted by molar-refractivity contribution is -0.123.